The Hall–Kier alpha value is -5.89. The van der Waals surface area contributed by atoms with Crippen molar-refractivity contribution in [2.24, 2.45) is 4.36 Å². The number of pyridine rings is 1. The zero-order valence-corrected chi connectivity index (χ0v) is 32.5. The first-order chi connectivity index (χ1) is 26.4. The predicted octanol–water partition coefficient (Wildman–Crippen LogP) is 7.85. The molecule has 3 heterocycles. The normalized spacial score (nSPS) is 13.7. The van der Waals surface area contributed by atoms with Gasteiger partial charge in [-0.15, -0.1) is 0 Å². The minimum absolute atomic E-state index is 0.0891. The third-order valence-corrected chi connectivity index (χ3v) is 11.2. The highest BCUT2D eigenvalue weighted by atomic mass is 32.2. The van der Waals surface area contributed by atoms with E-state index in [1.165, 1.54) is 13.2 Å². The van der Waals surface area contributed by atoms with E-state index in [1.807, 2.05) is 119 Å². The molecule has 0 bridgehead atoms. The number of aryl methyl sites for hydroxylation is 1. The van der Waals surface area contributed by atoms with Crippen LogP contribution in [0.25, 0.3) is 0 Å². The summed E-state index contributed by atoms with van der Waals surface area (Å²) in [6, 6.07) is 29.8. The fourth-order valence-electron chi connectivity index (χ4n) is 6.54. The van der Waals surface area contributed by atoms with Crippen LogP contribution in [0.15, 0.2) is 113 Å². The van der Waals surface area contributed by atoms with E-state index in [9.17, 15) is 14.7 Å². The number of carbonyl (C=O) groups excluding carboxylic acids is 1. The molecule has 1 aliphatic rings. The van der Waals surface area contributed by atoms with Crippen LogP contribution in [-0.2, 0) is 22.0 Å². The van der Waals surface area contributed by atoms with Gasteiger partial charge in [0.25, 0.3) is 0 Å². The standard InChI is InChI=1S/C41H47N7O6S/c1-28(2)33-26-35(53-25-23-47(5)40(50)51)43-36(29(3)4)37(33)44-39(49)45-55(52,34-27-42-48-22-15-24-54-38(34)48)46-41(30-16-9-6-10-17-30,31-18-11-7-12-19-31)32-20-13-8-14-21-32/h6-14,16-21,26-29H,15,22-25H2,1-5H3,(H,50,51)(H2,44,45,46,49,52). The van der Waals surface area contributed by atoms with Gasteiger partial charge in [0.2, 0.25) is 11.8 Å². The average Bonchev–Trinajstić information content (AvgIpc) is 3.63. The molecule has 1 unspecified atom stereocenters. The lowest BCUT2D eigenvalue weighted by atomic mass is 9.78. The Labute approximate surface area is 322 Å². The summed E-state index contributed by atoms with van der Waals surface area (Å²) in [5.74, 6) is 0.334. The SMILES string of the molecule is CC(C)c1cc(OCCN(C)C(=O)O)nc(C(C)C)c1NC(=O)NS(=O)(=NC(c1ccccc1)(c1ccccc1)c1ccccc1)c1cnn2c1OCCC2. The third kappa shape index (κ3) is 8.29. The second kappa shape index (κ2) is 16.6. The number of nitrogens with zero attached hydrogens (tertiary/aromatic N) is 5. The molecule has 1 atom stereocenters. The number of carboxylic acid groups (broad SMARTS) is 1. The smallest absolute Gasteiger partial charge is 0.407 e. The number of ether oxygens (including phenoxy) is 2. The molecule has 3 aromatic carbocycles. The molecule has 5 aromatic rings. The van der Waals surface area contributed by atoms with Gasteiger partial charge in [0.1, 0.15) is 17.0 Å². The number of nitrogens with one attached hydrogen (secondary N) is 2. The van der Waals surface area contributed by atoms with Crippen LogP contribution in [0.3, 0.4) is 0 Å². The van der Waals surface area contributed by atoms with Crippen LogP contribution in [-0.4, -0.2) is 67.9 Å². The molecule has 288 valence electrons. The molecule has 1 aliphatic heterocycles. The van der Waals surface area contributed by atoms with Crippen molar-refractivity contribution in [1.29, 1.82) is 0 Å². The molecular weight excluding hydrogens is 719 g/mol. The zero-order chi connectivity index (χ0) is 39.2. The zero-order valence-electron chi connectivity index (χ0n) is 31.6. The van der Waals surface area contributed by atoms with E-state index in [-0.39, 0.29) is 35.8 Å². The molecule has 3 amide bonds. The highest BCUT2D eigenvalue weighted by molar-refractivity contribution is 7.92. The summed E-state index contributed by atoms with van der Waals surface area (Å²) in [7, 11) is -2.47. The second-order valence-electron chi connectivity index (χ2n) is 13.9. The number of benzene rings is 3. The van der Waals surface area contributed by atoms with Crippen molar-refractivity contribution >= 4 is 27.7 Å². The number of likely N-dealkylation sites (N-methyl/N-ethyl adjacent to an activating group) is 1. The number of fused-ring (bicyclic) bond motifs is 1. The number of amides is 3. The molecule has 55 heavy (non-hydrogen) atoms. The van der Waals surface area contributed by atoms with E-state index in [1.54, 1.807) is 10.7 Å². The van der Waals surface area contributed by atoms with Crippen molar-refractivity contribution in [2.45, 2.75) is 62.9 Å². The van der Waals surface area contributed by atoms with Crippen LogP contribution in [0.1, 0.15) is 73.9 Å². The molecule has 6 rings (SSSR count). The summed E-state index contributed by atoms with van der Waals surface area (Å²) in [6.45, 7) is 9.03. The lowest BCUT2D eigenvalue weighted by Gasteiger charge is -2.33. The molecule has 0 saturated carbocycles. The fraction of sp³-hybridized carbons (Fsp3) is 0.317. The van der Waals surface area contributed by atoms with Crippen LogP contribution >= 0.6 is 0 Å². The minimum atomic E-state index is -3.93. The number of anilines is 1. The lowest BCUT2D eigenvalue weighted by Crippen LogP contribution is -2.38. The second-order valence-corrected chi connectivity index (χ2v) is 15.8. The van der Waals surface area contributed by atoms with Crippen molar-refractivity contribution < 1.29 is 28.4 Å². The van der Waals surface area contributed by atoms with Crippen LogP contribution in [0.4, 0.5) is 15.3 Å². The lowest BCUT2D eigenvalue weighted by molar-refractivity contribution is 0.146. The summed E-state index contributed by atoms with van der Waals surface area (Å²) >= 11 is 0. The molecular formula is C41H47N7O6S. The Morgan fingerprint density at radius 2 is 1.55 bits per heavy atom. The summed E-state index contributed by atoms with van der Waals surface area (Å²) in [6.07, 6.45) is 1.13. The van der Waals surface area contributed by atoms with Crippen LogP contribution in [0.5, 0.6) is 11.8 Å². The Morgan fingerprint density at radius 3 is 2.07 bits per heavy atom. The monoisotopic (exact) mass is 765 g/mol. The van der Waals surface area contributed by atoms with Crippen LogP contribution in [0.2, 0.25) is 0 Å². The molecule has 0 fully saturated rings. The molecule has 0 radical (unpaired) electrons. The maximum absolute atomic E-state index is 16.0. The van der Waals surface area contributed by atoms with E-state index in [4.69, 9.17) is 18.8 Å². The number of carbonyl (C=O) groups is 2. The quantitative estimate of drug-likeness (QED) is 0.102. The first-order valence-electron chi connectivity index (χ1n) is 18.3. The van der Waals surface area contributed by atoms with Gasteiger partial charge in [0.15, 0.2) is 9.92 Å². The Kier molecular flexibility index (Phi) is 11.7. The summed E-state index contributed by atoms with van der Waals surface area (Å²) in [5.41, 5.74) is 2.59. The summed E-state index contributed by atoms with van der Waals surface area (Å²) in [4.78, 5) is 31.8. The Morgan fingerprint density at radius 1 is 0.964 bits per heavy atom. The van der Waals surface area contributed by atoms with Crippen molar-refractivity contribution in [3.63, 3.8) is 0 Å². The van der Waals surface area contributed by atoms with Gasteiger partial charge in [-0.05, 0) is 34.1 Å². The summed E-state index contributed by atoms with van der Waals surface area (Å²) < 4.78 is 37.8. The molecule has 14 heteroatoms. The highest BCUT2D eigenvalue weighted by Gasteiger charge is 2.40. The minimum Gasteiger partial charge on any atom is -0.477 e. The fourth-order valence-corrected chi connectivity index (χ4v) is 8.39. The average molecular weight is 766 g/mol. The molecule has 0 aliphatic carbocycles. The third-order valence-electron chi connectivity index (χ3n) is 9.35. The topological polar surface area (TPSA) is 160 Å². The van der Waals surface area contributed by atoms with Crippen LogP contribution in [0, 0.1) is 0 Å². The number of hydrogen-bond donors (Lipinski definition) is 3. The number of hydrogen-bond acceptors (Lipinski definition) is 8. The van der Waals surface area contributed by atoms with Gasteiger partial charge in [-0.25, -0.2) is 28.2 Å². The van der Waals surface area contributed by atoms with E-state index in [2.05, 4.69) is 15.1 Å². The number of urea groups is 1. The first kappa shape index (κ1) is 38.8. The van der Waals surface area contributed by atoms with Gasteiger partial charge in [0, 0.05) is 26.1 Å². The van der Waals surface area contributed by atoms with Crippen LogP contribution < -0.4 is 19.5 Å². The van der Waals surface area contributed by atoms with Crippen molar-refractivity contribution in [3.8, 4) is 11.8 Å². The highest BCUT2D eigenvalue weighted by Crippen LogP contribution is 2.43. The van der Waals surface area contributed by atoms with E-state index in [0.717, 1.165) is 33.6 Å². The molecule has 13 nitrogen and oxygen atoms in total. The van der Waals surface area contributed by atoms with E-state index in [0.29, 0.717) is 30.4 Å². The maximum atomic E-state index is 16.0. The predicted molar refractivity (Wildman–Crippen MR) is 211 cm³/mol. The van der Waals surface area contributed by atoms with E-state index >= 15 is 4.21 Å². The molecule has 0 spiro atoms. The maximum Gasteiger partial charge on any atom is 0.407 e. The Balaban J connectivity index is 1.51. The van der Waals surface area contributed by atoms with Gasteiger partial charge >= 0.3 is 12.1 Å². The summed E-state index contributed by atoms with van der Waals surface area (Å²) in [5, 5.41) is 16.8. The van der Waals surface area contributed by atoms with Gasteiger partial charge in [-0.2, -0.15) is 9.46 Å². The molecule has 2 aromatic heterocycles. The van der Waals surface area contributed by atoms with Gasteiger partial charge < -0.3 is 24.8 Å². The van der Waals surface area contributed by atoms with Crippen molar-refractivity contribution in [3.05, 3.63) is 131 Å². The number of aromatic nitrogens is 3. The Bertz CT molecular complexity index is 2110. The van der Waals surface area contributed by atoms with Gasteiger partial charge in [-0.1, -0.05) is 119 Å². The number of rotatable bonds is 13. The van der Waals surface area contributed by atoms with Gasteiger partial charge in [-0.3, -0.25) is 0 Å². The first-order valence-corrected chi connectivity index (χ1v) is 19.8. The van der Waals surface area contributed by atoms with Gasteiger partial charge in [0.05, 0.1) is 30.7 Å². The largest absolute Gasteiger partial charge is 0.477 e. The van der Waals surface area contributed by atoms with Crippen molar-refractivity contribution in [2.75, 3.05) is 32.1 Å². The van der Waals surface area contributed by atoms with E-state index < -0.39 is 27.6 Å². The molecule has 3 N–H and O–H groups in total. The molecule has 0 saturated heterocycles. The van der Waals surface area contributed by atoms with Crippen molar-refractivity contribution in [1.82, 2.24) is 24.4 Å².